The number of hydrogen-bond donors (Lipinski definition) is 2. The quantitative estimate of drug-likeness (QED) is 0.703. The van der Waals surface area contributed by atoms with E-state index in [1.165, 1.54) is 24.9 Å². The second kappa shape index (κ2) is 9.65. The average molecular weight is 451 g/mol. The van der Waals surface area contributed by atoms with Crippen molar-refractivity contribution in [1.82, 2.24) is 20.2 Å². The van der Waals surface area contributed by atoms with Crippen molar-refractivity contribution in [2.24, 2.45) is 5.92 Å². The van der Waals surface area contributed by atoms with Crippen LogP contribution in [0, 0.1) is 5.92 Å². The van der Waals surface area contributed by atoms with Crippen LogP contribution in [0.15, 0.2) is 24.3 Å². The van der Waals surface area contributed by atoms with E-state index in [-0.39, 0.29) is 6.03 Å². The molecule has 2 aliphatic heterocycles. The van der Waals surface area contributed by atoms with Gasteiger partial charge < -0.3 is 20.3 Å². The lowest BCUT2D eigenvalue weighted by Gasteiger charge is -2.38. The normalized spacial score (nSPS) is 20.9. The predicted molar refractivity (Wildman–Crippen MR) is 129 cm³/mol. The third-order valence-electron chi connectivity index (χ3n) is 6.71. The van der Waals surface area contributed by atoms with Crippen LogP contribution in [0.3, 0.4) is 0 Å². The molecule has 8 nitrogen and oxygen atoms in total. The summed E-state index contributed by atoms with van der Waals surface area (Å²) in [6.45, 7) is 10.2. The number of hydrogen-bond acceptors (Lipinski definition) is 6. The lowest BCUT2D eigenvalue weighted by molar-refractivity contribution is 0.0983. The van der Waals surface area contributed by atoms with Crippen LogP contribution in [-0.4, -0.2) is 66.3 Å². The van der Waals surface area contributed by atoms with Crippen molar-refractivity contribution in [3.8, 4) is 11.4 Å². The van der Waals surface area contributed by atoms with E-state index < -0.39 is 0 Å². The second-order valence-corrected chi connectivity index (χ2v) is 9.40. The first-order valence-corrected chi connectivity index (χ1v) is 12.2. The molecule has 0 bridgehead atoms. The van der Waals surface area contributed by atoms with Crippen LogP contribution in [-0.2, 0) is 17.7 Å². The second-order valence-electron chi connectivity index (χ2n) is 9.40. The molecule has 2 N–H and O–H groups in total. The Hall–Kier alpha value is -2.71. The fourth-order valence-corrected chi connectivity index (χ4v) is 4.73. The SMILES string of the molecule is CCNC(=O)Nc1ccc(-c2nc3c(c(N4CCOC[C@@H]4C)n2)CCN(CC2CC2)C3)cc1. The van der Waals surface area contributed by atoms with Crippen LogP contribution in [0.4, 0.5) is 16.3 Å². The summed E-state index contributed by atoms with van der Waals surface area (Å²) in [4.78, 5) is 26.9. The maximum absolute atomic E-state index is 11.8. The number of amides is 2. The van der Waals surface area contributed by atoms with Crippen LogP contribution < -0.4 is 15.5 Å². The van der Waals surface area contributed by atoms with E-state index in [0.29, 0.717) is 12.6 Å². The van der Waals surface area contributed by atoms with E-state index >= 15 is 0 Å². The van der Waals surface area contributed by atoms with Gasteiger partial charge in [0.05, 0.1) is 24.9 Å². The minimum absolute atomic E-state index is 0.199. The van der Waals surface area contributed by atoms with E-state index in [1.54, 1.807) is 0 Å². The van der Waals surface area contributed by atoms with Gasteiger partial charge in [0.25, 0.3) is 0 Å². The summed E-state index contributed by atoms with van der Waals surface area (Å²) < 4.78 is 5.69. The highest BCUT2D eigenvalue weighted by Crippen LogP contribution is 2.34. The number of carbonyl (C=O) groups excluding carboxylic acids is 1. The number of benzene rings is 1. The monoisotopic (exact) mass is 450 g/mol. The predicted octanol–water partition coefficient (Wildman–Crippen LogP) is 3.28. The Balaban J connectivity index is 1.45. The van der Waals surface area contributed by atoms with Gasteiger partial charge in [0.1, 0.15) is 5.82 Å². The Labute approximate surface area is 195 Å². The minimum atomic E-state index is -0.199. The number of nitrogens with zero attached hydrogens (tertiary/aromatic N) is 4. The number of ether oxygens (including phenoxy) is 1. The summed E-state index contributed by atoms with van der Waals surface area (Å²) in [7, 11) is 0. The van der Waals surface area contributed by atoms with Crippen LogP contribution in [0.2, 0.25) is 0 Å². The van der Waals surface area contributed by atoms with Crippen molar-refractivity contribution < 1.29 is 9.53 Å². The van der Waals surface area contributed by atoms with Gasteiger partial charge in [0, 0.05) is 49.5 Å². The molecule has 8 heteroatoms. The van der Waals surface area contributed by atoms with Crippen LogP contribution >= 0.6 is 0 Å². The maximum Gasteiger partial charge on any atom is 0.319 e. The van der Waals surface area contributed by atoms with Gasteiger partial charge in [-0.05, 0) is 63.3 Å². The first kappa shape index (κ1) is 22.1. The molecule has 0 unspecified atom stereocenters. The molecule has 1 saturated carbocycles. The highest BCUT2D eigenvalue weighted by atomic mass is 16.5. The van der Waals surface area contributed by atoms with E-state index in [9.17, 15) is 4.79 Å². The van der Waals surface area contributed by atoms with E-state index in [1.807, 2.05) is 31.2 Å². The molecule has 1 atom stereocenters. The molecule has 33 heavy (non-hydrogen) atoms. The summed E-state index contributed by atoms with van der Waals surface area (Å²) in [5, 5.41) is 5.60. The van der Waals surface area contributed by atoms with Crippen molar-refractivity contribution in [2.75, 3.05) is 49.6 Å². The zero-order valence-corrected chi connectivity index (χ0v) is 19.6. The van der Waals surface area contributed by atoms with Gasteiger partial charge in [-0.3, -0.25) is 4.90 Å². The van der Waals surface area contributed by atoms with E-state index in [4.69, 9.17) is 14.7 Å². The molecule has 3 aliphatic rings. The lowest BCUT2D eigenvalue weighted by atomic mass is 10.0. The Morgan fingerprint density at radius 2 is 2.00 bits per heavy atom. The molecular weight excluding hydrogens is 416 g/mol. The molecule has 0 radical (unpaired) electrons. The fourth-order valence-electron chi connectivity index (χ4n) is 4.73. The van der Waals surface area contributed by atoms with Gasteiger partial charge in [-0.1, -0.05) is 0 Å². The van der Waals surface area contributed by atoms with E-state index in [2.05, 4.69) is 27.4 Å². The van der Waals surface area contributed by atoms with E-state index in [0.717, 1.165) is 73.8 Å². The molecule has 1 aliphatic carbocycles. The Morgan fingerprint density at radius 1 is 1.18 bits per heavy atom. The summed E-state index contributed by atoms with van der Waals surface area (Å²) >= 11 is 0. The van der Waals surface area contributed by atoms with Gasteiger partial charge in [-0.2, -0.15) is 0 Å². The molecule has 2 fully saturated rings. The molecule has 0 spiro atoms. The van der Waals surface area contributed by atoms with Crippen molar-refractivity contribution >= 4 is 17.5 Å². The number of morpholine rings is 1. The molecule has 1 saturated heterocycles. The van der Waals surface area contributed by atoms with Crippen LogP contribution in [0.5, 0.6) is 0 Å². The van der Waals surface area contributed by atoms with Gasteiger partial charge in [-0.15, -0.1) is 0 Å². The molecule has 1 aromatic carbocycles. The van der Waals surface area contributed by atoms with Gasteiger partial charge in [0.15, 0.2) is 5.82 Å². The topological polar surface area (TPSA) is 82.6 Å². The highest BCUT2D eigenvalue weighted by Gasteiger charge is 2.31. The Kier molecular flexibility index (Phi) is 6.46. The standard InChI is InChI=1S/C25H34N6O2/c1-3-26-25(32)27-20-8-6-19(7-9-20)23-28-22-15-30(14-18-4-5-18)11-10-21(22)24(29-23)31-12-13-33-16-17(31)2/h6-9,17-18H,3-5,10-16H2,1-2H3,(H2,26,27,32)/t17-/m0/s1. The summed E-state index contributed by atoms with van der Waals surface area (Å²) in [6, 6.07) is 7.88. The number of fused-ring (bicyclic) bond motifs is 1. The molecular formula is C25H34N6O2. The summed E-state index contributed by atoms with van der Waals surface area (Å²) in [5.74, 6) is 2.69. The summed E-state index contributed by atoms with van der Waals surface area (Å²) in [6.07, 6.45) is 3.73. The first-order chi connectivity index (χ1) is 16.1. The van der Waals surface area contributed by atoms with Gasteiger partial charge in [-0.25, -0.2) is 14.8 Å². The van der Waals surface area contributed by atoms with Crippen LogP contribution in [0.25, 0.3) is 11.4 Å². The first-order valence-electron chi connectivity index (χ1n) is 12.2. The molecule has 2 amide bonds. The summed E-state index contributed by atoms with van der Waals surface area (Å²) in [5.41, 5.74) is 4.17. The largest absolute Gasteiger partial charge is 0.377 e. The number of rotatable bonds is 6. The highest BCUT2D eigenvalue weighted by molar-refractivity contribution is 5.89. The smallest absolute Gasteiger partial charge is 0.319 e. The average Bonchev–Trinajstić information content (AvgIpc) is 3.63. The number of aromatic nitrogens is 2. The maximum atomic E-state index is 11.8. The Bertz CT molecular complexity index is 991. The van der Waals surface area contributed by atoms with Gasteiger partial charge in [0.2, 0.25) is 0 Å². The van der Waals surface area contributed by atoms with Crippen molar-refractivity contribution in [3.05, 3.63) is 35.5 Å². The van der Waals surface area contributed by atoms with Crippen LogP contribution in [0.1, 0.15) is 37.9 Å². The molecule has 1 aromatic heterocycles. The number of urea groups is 1. The van der Waals surface area contributed by atoms with Crippen molar-refractivity contribution in [1.29, 1.82) is 0 Å². The molecule has 3 heterocycles. The third kappa shape index (κ3) is 5.12. The minimum Gasteiger partial charge on any atom is -0.377 e. The lowest BCUT2D eigenvalue weighted by Crippen LogP contribution is -2.45. The molecule has 176 valence electrons. The van der Waals surface area contributed by atoms with Gasteiger partial charge >= 0.3 is 6.03 Å². The molecule has 2 aromatic rings. The van der Waals surface area contributed by atoms with Crippen molar-refractivity contribution in [2.45, 2.75) is 45.7 Å². The third-order valence-corrected chi connectivity index (χ3v) is 6.71. The number of anilines is 2. The number of nitrogens with one attached hydrogen (secondary N) is 2. The number of carbonyl (C=O) groups is 1. The molecule has 5 rings (SSSR count). The van der Waals surface area contributed by atoms with Crippen molar-refractivity contribution in [3.63, 3.8) is 0 Å². The zero-order chi connectivity index (χ0) is 22.8. The fraction of sp³-hybridized carbons (Fsp3) is 0.560. The Morgan fingerprint density at radius 3 is 2.73 bits per heavy atom. The zero-order valence-electron chi connectivity index (χ0n) is 19.6.